The van der Waals surface area contributed by atoms with Gasteiger partial charge < -0.3 is 31.5 Å². The van der Waals surface area contributed by atoms with Crippen LogP contribution in [0.4, 0.5) is 0 Å². The number of carbonyl (C=O) groups excluding carboxylic acids is 3. The summed E-state index contributed by atoms with van der Waals surface area (Å²) in [5, 5.41) is 22.5. The summed E-state index contributed by atoms with van der Waals surface area (Å²) in [6.07, 6.45) is 0.268. The van der Waals surface area contributed by atoms with Crippen LogP contribution < -0.4 is 16.4 Å². The Morgan fingerprint density at radius 1 is 1.15 bits per heavy atom. The number of aliphatic carboxylic acids is 2. The summed E-state index contributed by atoms with van der Waals surface area (Å²) in [5.74, 6) is -4.97. The lowest BCUT2D eigenvalue weighted by Gasteiger charge is -2.28. The Bertz CT molecular complexity index is 608. The second-order valence-electron chi connectivity index (χ2n) is 6.68. The van der Waals surface area contributed by atoms with Gasteiger partial charge in [0.1, 0.15) is 18.1 Å². The molecule has 1 fully saturated rings. The number of likely N-dealkylation sites (tertiary alicyclic amines) is 1. The molecule has 3 atom stereocenters. The number of nitrogens with zero attached hydrogens (tertiary/aromatic N) is 1. The molecule has 3 amide bonds. The van der Waals surface area contributed by atoms with Crippen LogP contribution in [0.15, 0.2) is 0 Å². The fourth-order valence-electron chi connectivity index (χ4n) is 2.88. The zero-order valence-electron chi connectivity index (χ0n) is 15.3. The van der Waals surface area contributed by atoms with Crippen LogP contribution >= 0.6 is 0 Å². The molecule has 1 aliphatic rings. The first-order chi connectivity index (χ1) is 12.6. The maximum atomic E-state index is 12.6. The third-order valence-electron chi connectivity index (χ3n) is 4.29. The van der Waals surface area contributed by atoms with Gasteiger partial charge in [-0.2, -0.15) is 0 Å². The second-order valence-corrected chi connectivity index (χ2v) is 6.68. The standard InChI is InChI=1S/C16H26N4O7/c1-8(2)13(15(25)18-9(16(26)27)6-12(22)23)19-14(24)10-4-3-5-20(10)11(21)7-17/h8-10,13H,3-7,17H2,1-2H3,(H,18,25)(H,19,24)(H,22,23)(H,26,27). The van der Waals surface area contributed by atoms with E-state index in [2.05, 4.69) is 10.6 Å². The zero-order chi connectivity index (χ0) is 20.7. The van der Waals surface area contributed by atoms with Gasteiger partial charge in [0.05, 0.1) is 13.0 Å². The minimum atomic E-state index is -1.62. The molecule has 1 aliphatic heterocycles. The molecule has 0 bridgehead atoms. The molecular weight excluding hydrogens is 360 g/mol. The van der Waals surface area contributed by atoms with Crippen molar-refractivity contribution in [3.05, 3.63) is 0 Å². The Kier molecular flexibility index (Phi) is 8.16. The first-order valence-corrected chi connectivity index (χ1v) is 8.63. The van der Waals surface area contributed by atoms with Gasteiger partial charge in [0.25, 0.3) is 0 Å². The smallest absolute Gasteiger partial charge is 0.326 e. The van der Waals surface area contributed by atoms with Gasteiger partial charge in [-0.25, -0.2) is 4.79 Å². The van der Waals surface area contributed by atoms with Crippen LogP contribution in [0.3, 0.4) is 0 Å². The van der Waals surface area contributed by atoms with Crippen LogP contribution in [0, 0.1) is 5.92 Å². The normalized spacial score (nSPS) is 18.7. The molecule has 0 spiro atoms. The Morgan fingerprint density at radius 2 is 1.78 bits per heavy atom. The molecule has 1 rings (SSSR count). The SMILES string of the molecule is CC(C)C(NC(=O)C1CCCN1C(=O)CN)C(=O)NC(CC(=O)O)C(=O)O. The Hall–Kier alpha value is -2.69. The number of hydrogen-bond donors (Lipinski definition) is 5. The minimum Gasteiger partial charge on any atom is -0.481 e. The van der Waals surface area contributed by atoms with Crippen molar-refractivity contribution in [1.82, 2.24) is 15.5 Å². The van der Waals surface area contributed by atoms with Crippen LogP contribution in [0.1, 0.15) is 33.1 Å². The number of rotatable bonds is 9. The van der Waals surface area contributed by atoms with Crippen LogP contribution in [0.2, 0.25) is 0 Å². The van der Waals surface area contributed by atoms with E-state index in [1.165, 1.54) is 4.90 Å². The van der Waals surface area contributed by atoms with E-state index in [4.69, 9.17) is 15.9 Å². The Labute approximate surface area is 156 Å². The van der Waals surface area contributed by atoms with Crippen molar-refractivity contribution >= 4 is 29.7 Å². The van der Waals surface area contributed by atoms with E-state index in [1.54, 1.807) is 13.8 Å². The third-order valence-corrected chi connectivity index (χ3v) is 4.29. The second kappa shape index (κ2) is 9.86. The van der Waals surface area contributed by atoms with E-state index < -0.39 is 54.2 Å². The molecule has 0 aromatic rings. The Balaban J connectivity index is 2.84. The maximum absolute atomic E-state index is 12.6. The fourth-order valence-corrected chi connectivity index (χ4v) is 2.88. The van der Waals surface area contributed by atoms with Gasteiger partial charge in [-0.1, -0.05) is 13.8 Å². The number of nitrogens with two attached hydrogens (primary N) is 1. The molecule has 0 aromatic heterocycles. The summed E-state index contributed by atoms with van der Waals surface area (Å²) in [5.41, 5.74) is 5.34. The fraction of sp³-hybridized carbons (Fsp3) is 0.688. The van der Waals surface area contributed by atoms with Gasteiger partial charge in [0.15, 0.2) is 0 Å². The van der Waals surface area contributed by atoms with Gasteiger partial charge in [0, 0.05) is 6.54 Å². The molecule has 1 heterocycles. The molecule has 11 nitrogen and oxygen atoms in total. The van der Waals surface area contributed by atoms with E-state index in [1.807, 2.05) is 0 Å². The lowest BCUT2D eigenvalue weighted by Crippen LogP contribution is -2.57. The van der Waals surface area contributed by atoms with Gasteiger partial charge in [-0.05, 0) is 18.8 Å². The monoisotopic (exact) mass is 386 g/mol. The molecule has 152 valence electrons. The number of carboxylic acid groups (broad SMARTS) is 2. The highest BCUT2D eigenvalue weighted by Crippen LogP contribution is 2.18. The molecule has 3 unspecified atom stereocenters. The average Bonchev–Trinajstić information content (AvgIpc) is 3.06. The van der Waals surface area contributed by atoms with Crippen LogP contribution in [0.25, 0.3) is 0 Å². The summed E-state index contributed by atoms with van der Waals surface area (Å²) >= 11 is 0. The molecule has 0 aliphatic carbocycles. The van der Waals surface area contributed by atoms with E-state index in [9.17, 15) is 24.0 Å². The quantitative estimate of drug-likeness (QED) is 0.305. The van der Waals surface area contributed by atoms with E-state index in [0.29, 0.717) is 19.4 Å². The number of amides is 3. The van der Waals surface area contributed by atoms with Crippen LogP contribution in [-0.2, 0) is 24.0 Å². The molecular formula is C16H26N4O7. The third kappa shape index (κ3) is 6.20. The zero-order valence-corrected chi connectivity index (χ0v) is 15.3. The first-order valence-electron chi connectivity index (χ1n) is 8.63. The molecule has 0 aromatic carbocycles. The lowest BCUT2D eigenvalue weighted by molar-refractivity contribution is -0.147. The molecule has 6 N–H and O–H groups in total. The summed E-state index contributed by atoms with van der Waals surface area (Å²) in [7, 11) is 0. The van der Waals surface area contributed by atoms with Crippen molar-refractivity contribution < 1.29 is 34.2 Å². The van der Waals surface area contributed by atoms with Gasteiger partial charge >= 0.3 is 11.9 Å². The number of carbonyl (C=O) groups is 5. The molecule has 0 radical (unpaired) electrons. The molecule has 11 heteroatoms. The largest absolute Gasteiger partial charge is 0.481 e. The Morgan fingerprint density at radius 3 is 2.26 bits per heavy atom. The van der Waals surface area contributed by atoms with Crippen molar-refractivity contribution in [2.75, 3.05) is 13.1 Å². The van der Waals surface area contributed by atoms with Crippen molar-refractivity contribution in [3.8, 4) is 0 Å². The van der Waals surface area contributed by atoms with E-state index >= 15 is 0 Å². The van der Waals surface area contributed by atoms with Gasteiger partial charge in [-0.15, -0.1) is 0 Å². The summed E-state index contributed by atoms with van der Waals surface area (Å²) in [6.45, 7) is 3.46. The van der Waals surface area contributed by atoms with Crippen molar-refractivity contribution in [3.63, 3.8) is 0 Å². The summed E-state index contributed by atoms with van der Waals surface area (Å²) in [6, 6.07) is -3.44. The summed E-state index contributed by atoms with van der Waals surface area (Å²) in [4.78, 5) is 60.0. The predicted octanol–water partition coefficient (Wildman–Crippen LogP) is -1.88. The van der Waals surface area contributed by atoms with Crippen LogP contribution in [-0.4, -0.2) is 76.0 Å². The minimum absolute atomic E-state index is 0.229. The molecule has 27 heavy (non-hydrogen) atoms. The van der Waals surface area contributed by atoms with Crippen molar-refractivity contribution in [1.29, 1.82) is 0 Å². The van der Waals surface area contributed by atoms with E-state index in [-0.39, 0.29) is 12.5 Å². The van der Waals surface area contributed by atoms with Crippen LogP contribution in [0.5, 0.6) is 0 Å². The van der Waals surface area contributed by atoms with Gasteiger partial charge in [0.2, 0.25) is 17.7 Å². The topological polar surface area (TPSA) is 179 Å². The van der Waals surface area contributed by atoms with Crippen molar-refractivity contribution in [2.24, 2.45) is 11.7 Å². The number of carboxylic acids is 2. The van der Waals surface area contributed by atoms with E-state index in [0.717, 1.165) is 0 Å². The molecule has 1 saturated heterocycles. The highest BCUT2D eigenvalue weighted by Gasteiger charge is 2.36. The maximum Gasteiger partial charge on any atom is 0.326 e. The van der Waals surface area contributed by atoms with Gasteiger partial charge in [-0.3, -0.25) is 19.2 Å². The number of hydrogen-bond acceptors (Lipinski definition) is 6. The predicted molar refractivity (Wildman–Crippen MR) is 92.4 cm³/mol. The summed E-state index contributed by atoms with van der Waals surface area (Å²) < 4.78 is 0. The lowest BCUT2D eigenvalue weighted by atomic mass is 10.0. The highest BCUT2D eigenvalue weighted by atomic mass is 16.4. The average molecular weight is 386 g/mol. The van der Waals surface area contributed by atoms with Crippen molar-refractivity contribution in [2.45, 2.75) is 51.2 Å². The first kappa shape index (κ1) is 22.4. The molecule has 0 saturated carbocycles. The number of nitrogens with one attached hydrogen (secondary N) is 2. The highest BCUT2D eigenvalue weighted by molar-refractivity contribution is 5.94.